The molecule has 2 N–H and O–H groups in total. The van der Waals surface area contributed by atoms with Crippen LogP contribution >= 0.6 is 0 Å². The maximum atomic E-state index is 12.5. The number of benzene rings is 1. The molecule has 0 radical (unpaired) electrons. The van der Waals surface area contributed by atoms with Crippen LogP contribution in [0.2, 0.25) is 0 Å². The normalized spacial score (nSPS) is 16.6. The summed E-state index contributed by atoms with van der Waals surface area (Å²) >= 11 is 0. The highest BCUT2D eigenvalue weighted by Crippen LogP contribution is 2.28. The molecular formula is C16H18N2O. The van der Waals surface area contributed by atoms with Gasteiger partial charge in [0.05, 0.1) is 5.52 Å². The average Bonchev–Trinajstić information content (AvgIpc) is 2.47. The van der Waals surface area contributed by atoms with Gasteiger partial charge >= 0.3 is 0 Å². The summed E-state index contributed by atoms with van der Waals surface area (Å²) in [5, 5.41) is 0.919. The minimum atomic E-state index is 0.141. The molecule has 1 aliphatic rings. The van der Waals surface area contributed by atoms with Crippen LogP contribution in [0.15, 0.2) is 30.3 Å². The van der Waals surface area contributed by atoms with E-state index in [9.17, 15) is 4.79 Å². The molecule has 2 aromatic rings. The molecule has 1 aliphatic carbocycles. The van der Waals surface area contributed by atoms with Gasteiger partial charge in [-0.15, -0.1) is 0 Å². The minimum Gasteiger partial charge on any atom is -0.398 e. The highest BCUT2D eigenvalue weighted by Gasteiger charge is 2.23. The number of nitrogen functional groups attached to an aromatic ring is 1. The van der Waals surface area contributed by atoms with Crippen LogP contribution in [0.1, 0.15) is 42.6 Å². The number of pyridine rings is 1. The Kier molecular flexibility index (Phi) is 3.20. The molecule has 0 aliphatic heterocycles. The second-order valence-corrected chi connectivity index (χ2v) is 5.31. The van der Waals surface area contributed by atoms with Gasteiger partial charge in [0.25, 0.3) is 0 Å². The van der Waals surface area contributed by atoms with Crippen molar-refractivity contribution in [2.24, 2.45) is 5.92 Å². The summed E-state index contributed by atoms with van der Waals surface area (Å²) in [6.07, 6.45) is 5.54. The molecule has 0 bridgehead atoms. The standard InChI is InChI=1S/C16H18N2O/c17-13-10-15(16(19)11-6-2-1-3-7-11)18-14-9-5-4-8-12(13)14/h4-5,8-11H,1-3,6-7H2,(H2,17,18). The second kappa shape index (κ2) is 5.00. The minimum absolute atomic E-state index is 0.141. The third kappa shape index (κ3) is 2.33. The average molecular weight is 254 g/mol. The number of aromatic nitrogens is 1. The van der Waals surface area contributed by atoms with Crippen molar-refractivity contribution in [3.05, 3.63) is 36.0 Å². The van der Waals surface area contributed by atoms with Gasteiger partial charge in [-0.1, -0.05) is 37.5 Å². The van der Waals surface area contributed by atoms with Crippen molar-refractivity contribution in [1.82, 2.24) is 4.98 Å². The topological polar surface area (TPSA) is 56.0 Å². The first-order valence-electron chi connectivity index (χ1n) is 6.95. The lowest BCUT2D eigenvalue weighted by Gasteiger charge is -2.20. The number of carbonyl (C=O) groups is 1. The van der Waals surface area contributed by atoms with Crippen molar-refractivity contribution in [3.8, 4) is 0 Å². The number of carbonyl (C=O) groups excluding carboxylic acids is 1. The van der Waals surface area contributed by atoms with Crippen molar-refractivity contribution in [2.75, 3.05) is 5.73 Å². The zero-order chi connectivity index (χ0) is 13.2. The summed E-state index contributed by atoms with van der Waals surface area (Å²) in [7, 11) is 0. The highest BCUT2D eigenvalue weighted by atomic mass is 16.1. The van der Waals surface area contributed by atoms with E-state index in [1.54, 1.807) is 6.07 Å². The quantitative estimate of drug-likeness (QED) is 0.833. The monoisotopic (exact) mass is 254 g/mol. The summed E-state index contributed by atoms with van der Waals surface area (Å²) in [6, 6.07) is 9.43. The molecule has 3 heteroatoms. The van der Waals surface area contributed by atoms with E-state index >= 15 is 0 Å². The van der Waals surface area contributed by atoms with Crippen LogP contribution in [0.4, 0.5) is 5.69 Å². The molecule has 3 nitrogen and oxygen atoms in total. The Labute approximate surface area is 112 Å². The molecule has 0 spiro atoms. The van der Waals surface area contributed by atoms with Crippen LogP contribution in [-0.2, 0) is 0 Å². The van der Waals surface area contributed by atoms with E-state index in [2.05, 4.69) is 4.98 Å². The number of hydrogen-bond acceptors (Lipinski definition) is 3. The lowest BCUT2D eigenvalue weighted by atomic mass is 9.85. The Morgan fingerprint density at radius 1 is 1.16 bits per heavy atom. The summed E-state index contributed by atoms with van der Waals surface area (Å²) in [6.45, 7) is 0. The zero-order valence-electron chi connectivity index (χ0n) is 10.9. The Morgan fingerprint density at radius 2 is 1.89 bits per heavy atom. The van der Waals surface area contributed by atoms with Crippen molar-refractivity contribution in [1.29, 1.82) is 0 Å². The van der Waals surface area contributed by atoms with E-state index in [0.29, 0.717) is 11.4 Å². The molecule has 98 valence electrons. The number of anilines is 1. The van der Waals surface area contributed by atoms with Crippen LogP contribution in [0.3, 0.4) is 0 Å². The molecule has 0 unspecified atom stereocenters. The van der Waals surface area contributed by atoms with E-state index in [1.165, 1.54) is 6.42 Å². The van der Waals surface area contributed by atoms with Crippen molar-refractivity contribution in [3.63, 3.8) is 0 Å². The predicted octanol–water partition coefficient (Wildman–Crippen LogP) is 3.58. The zero-order valence-corrected chi connectivity index (χ0v) is 10.9. The predicted molar refractivity (Wildman–Crippen MR) is 77.1 cm³/mol. The fraction of sp³-hybridized carbons (Fsp3) is 0.375. The first kappa shape index (κ1) is 12.2. The number of nitrogens with zero attached hydrogens (tertiary/aromatic N) is 1. The fourth-order valence-electron chi connectivity index (χ4n) is 2.90. The third-order valence-corrected chi connectivity index (χ3v) is 3.98. The third-order valence-electron chi connectivity index (χ3n) is 3.98. The van der Waals surface area contributed by atoms with Gasteiger partial charge in [0, 0.05) is 17.0 Å². The largest absolute Gasteiger partial charge is 0.398 e. The Balaban J connectivity index is 1.98. The molecular weight excluding hydrogens is 236 g/mol. The molecule has 1 saturated carbocycles. The van der Waals surface area contributed by atoms with Crippen LogP contribution < -0.4 is 5.73 Å². The molecule has 0 amide bonds. The van der Waals surface area contributed by atoms with E-state index in [0.717, 1.165) is 36.6 Å². The van der Waals surface area contributed by atoms with Gasteiger partial charge in [0.2, 0.25) is 0 Å². The van der Waals surface area contributed by atoms with E-state index in [4.69, 9.17) is 5.73 Å². The summed E-state index contributed by atoms with van der Waals surface area (Å²) in [5.41, 5.74) is 8.01. The van der Waals surface area contributed by atoms with E-state index < -0.39 is 0 Å². The number of rotatable bonds is 2. The molecule has 0 atom stereocenters. The molecule has 0 saturated heterocycles. The van der Waals surface area contributed by atoms with Crippen LogP contribution in [0.25, 0.3) is 10.9 Å². The summed E-state index contributed by atoms with van der Waals surface area (Å²) < 4.78 is 0. The van der Waals surface area contributed by atoms with Crippen LogP contribution in [0.5, 0.6) is 0 Å². The van der Waals surface area contributed by atoms with Crippen molar-refractivity contribution < 1.29 is 4.79 Å². The van der Waals surface area contributed by atoms with E-state index in [-0.39, 0.29) is 11.7 Å². The van der Waals surface area contributed by atoms with Gasteiger partial charge in [-0.25, -0.2) is 4.98 Å². The SMILES string of the molecule is Nc1cc(C(=O)C2CCCCC2)nc2ccccc12. The molecule has 1 aromatic carbocycles. The van der Waals surface area contributed by atoms with Gasteiger partial charge in [-0.05, 0) is 25.0 Å². The van der Waals surface area contributed by atoms with Gasteiger partial charge < -0.3 is 5.73 Å². The number of fused-ring (bicyclic) bond motifs is 1. The number of ketones is 1. The van der Waals surface area contributed by atoms with Gasteiger partial charge in [-0.2, -0.15) is 0 Å². The Hall–Kier alpha value is -1.90. The molecule has 1 aromatic heterocycles. The first-order valence-corrected chi connectivity index (χ1v) is 6.95. The molecule has 19 heavy (non-hydrogen) atoms. The van der Waals surface area contributed by atoms with Crippen molar-refractivity contribution >= 4 is 22.4 Å². The summed E-state index contributed by atoms with van der Waals surface area (Å²) in [5.74, 6) is 0.305. The number of hydrogen-bond donors (Lipinski definition) is 1. The maximum Gasteiger partial charge on any atom is 0.184 e. The fourth-order valence-corrected chi connectivity index (χ4v) is 2.90. The van der Waals surface area contributed by atoms with Crippen LogP contribution in [0, 0.1) is 5.92 Å². The Bertz CT molecular complexity index is 615. The molecule has 3 rings (SSSR count). The first-order chi connectivity index (χ1) is 9.25. The lowest BCUT2D eigenvalue weighted by molar-refractivity contribution is 0.0885. The van der Waals surface area contributed by atoms with Gasteiger partial charge in [0.1, 0.15) is 5.69 Å². The molecule has 1 fully saturated rings. The Morgan fingerprint density at radius 3 is 2.68 bits per heavy atom. The smallest absolute Gasteiger partial charge is 0.184 e. The second-order valence-electron chi connectivity index (χ2n) is 5.31. The van der Waals surface area contributed by atoms with Gasteiger partial charge in [-0.3, -0.25) is 4.79 Å². The maximum absolute atomic E-state index is 12.5. The number of nitrogens with two attached hydrogens (primary N) is 1. The summed E-state index contributed by atoms with van der Waals surface area (Å²) in [4.78, 5) is 17.0. The van der Waals surface area contributed by atoms with Crippen LogP contribution in [-0.4, -0.2) is 10.8 Å². The van der Waals surface area contributed by atoms with Gasteiger partial charge in [0.15, 0.2) is 5.78 Å². The van der Waals surface area contributed by atoms with E-state index in [1.807, 2.05) is 24.3 Å². The highest BCUT2D eigenvalue weighted by molar-refractivity contribution is 6.01. The molecule has 1 heterocycles. The van der Waals surface area contributed by atoms with Crippen molar-refractivity contribution in [2.45, 2.75) is 32.1 Å². The number of Topliss-reactive ketones (excluding diaryl/α,β-unsaturated/α-hetero) is 1. The number of para-hydroxylation sites is 1. The lowest BCUT2D eigenvalue weighted by Crippen LogP contribution is -2.19.